The Labute approximate surface area is 101 Å². The summed E-state index contributed by atoms with van der Waals surface area (Å²) in [5.41, 5.74) is 1.06. The fraction of sp³-hybridized carbons (Fsp3) is 0.462. The smallest absolute Gasteiger partial charge is 0.253 e. The van der Waals surface area contributed by atoms with E-state index in [0.717, 1.165) is 5.56 Å². The van der Waals surface area contributed by atoms with E-state index in [1.54, 1.807) is 27.0 Å². The number of halogens is 1. The molecule has 0 aliphatic carbocycles. The molecule has 0 aromatic heterocycles. The van der Waals surface area contributed by atoms with E-state index in [9.17, 15) is 9.18 Å². The largest absolute Gasteiger partial charge is 0.393 e. The molecule has 94 valence electrons. The van der Waals surface area contributed by atoms with Gasteiger partial charge in [0.2, 0.25) is 0 Å². The average molecular weight is 239 g/mol. The number of benzene rings is 1. The molecule has 0 bridgehead atoms. The molecule has 1 unspecified atom stereocenters. The number of carbonyl (C=O) groups excluding carboxylic acids is 1. The summed E-state index contributed by atoms with van der Waals surface area (Å²) in [6.07, 6.45) is 0.0655. The number of aliphatic hydroxyl groups excluding tert-OH is 1. The van der Waals surface area contributed by atoms with Crippen molar-refractivity contribution in [2.24, 2.45) is 0 Å². The Morgan fingerprint density at radius 1 is 1.47 bits per heavy atom. The summed E-state index contributed by atoms with van der Waals surface area (Å²) < 4.78 is 13.2. The Morgan fingerprint density at radius 3 is 2.65 bits per heavy atom. The van der Waals surface area contributed by atoms with Crippen LogP contribution >= 0.6 is 0 Å². The van der Waals surface area contributed by atoms with Crippen molar-refractivity contribution in [2.75, 3.05) is 13.6 Å². The van der Waals surface area contributed by atoms with Crippen LogP contribution in [0.1, 0.15) is 29.3 Å². The van der Waals surface area contributed by atoms with Crippen LogP contribution < -0.4 is 0 Å². The fourth-order valence-corrected chi connectivity index (χ4v) is 1.56. The minimum Gasteiger partial charge on any atom is -0.393 e. The van der Waals surface area contributed by atoms with Crippen LogP contribution in [0.4, 0.5) is 4.39 Å². The van der Waals surface area contributed by atoms with Crippen molar-refractivity contribution in [3.63, 3.8) is 0 Å². The second-order valence-electron chi connectivity index (χ2n) is 4.38. The Bertz CT molecular complexity index is 384. The van der Waals surface area contributed by atoms with Crippen LogP contribution in [0.5, 0.6) is 0 Å². The van der Waals surface area contributed by atoms with Gasteiger partial charge in [0.1, 0.15) is 5.82 Å². The normalized spacial score (nSPS) is 12.3. The molecule has 3 nitrogen and oxygen atoms in total. The quantitative estimate of drug-likeness (QED) is 0.872. The maximum absolute atomic E-state index is 13.2. The topological polar surface area (TPSA) is 40.5 Å². The Kier molecular flexibility index (Phi) is 4.63. The molecule has 0 radical (unpaired) electrons. The molecular weight excluding hydrogens is 221 g/mol. The number of amides is 1. The van der Waals surface area contributed by atoms with Gasteiger partial charge in [0.15, 0.2) is 0 Å². The van der Waals surface area contributed by atoms with Gasteiger partial charge in [-0.05, 0) is 44.0 Å². The molecule has 1 atom stereocenters. The standard InChI is InChI=1S/C13H18FNO2/c1-9-6-11(8-12(14)7-9)13(17)15(3)5-4-10(2)16/h6-8,10,16H,4-5H2,1-3H3. The molecule has 0 aliphatic rings. The van der Waals surface area contributed by atoms with Gasteiger partial charge in [0, 0.05) is 19.2 Å². The van der Waals surface area contributed by atoms with Gasteiger partial charge in [-0.1, -0.05) is 0 Å². The number of hydrogen-bond acceptors (Lipinski definition) is 2. The molecule has 0 heterocycles. The summed E-state index contributed by atoms with van der Waals surface area (Å²) >= 11 is 0. The summed E-state index contributed by atoms with van der Waals surface area (Å²) in [6.45, 7) is 3.87. The van der Waals surface area contributed by atoms with Gasteiger partial charge in [-0.25, -0.2) is 4.39 Å². The lowest BCUT2D eigenvalue weighted by atomic mass is 10.1. The molecule has 1 amide bonds. The van der Waals surface area contributed by atoms with Crippen LogP contribution in [0.15, 0.2) is 18.2 Å². The first-order valence-electron chi connectivity index (χ1n) is 5.61. The number of aliphatic hydroxyl groups is 1. The van der Waals surface area contributed by atoms with E-state index in [1.165, 1.54) is 17.0 Å². The van der Waals surface area contributed by atoms with Gasteiger partial charge in [-0.15, -0.1) is 0 Å². The number of carbonyl (C=O) groups is 1. The van der Waals surface area contributed by atoms with Crippen LogP contribution in [0.25, 0.3) is 0 Å². The Morgan fingerprint density at radius 2 is 2.12 bits per heavy atom. The zero-order valence-corrected chi connectivity index (χ0v) is 10.4. The number of rotatable bonds is 4. The summed E-state index contributed by atoms with van der Waals surface area (Å²) in [7, 11) is 1.64. The average Bonchev–Trinajstić information content (AvgIpc) is 2.23. The lowest BCUT2D eigenvalue weighted by Crippen LogP contribution is -2.29. The van der Waals surface area contributed by atoms with Crippen LogP contribution in [0.2, 0.25) is 0 Å². The van der Waals surface area contributed by atoms with E-state index >= 15 is 0 Å². The van der Waals surface area contributed by atoms with E-state index in [-0.39, 0.29) is 5.91 Å². The van der Waals surface area contributed by atoms with Crippen LogP contribution in [-0.2, 0) is 0 Å². The number of aryl methyl sites for hydroxylation is 1. The molecule has 0 aliphatic heterocycles. The van der Waals surface area contributed by atoms with Crippen molar-refractivity contribution in [1.29, 1.82) is 0 Å². The second-order valence-corrected chi connectivity index (χ2v) is 4.38. The third-order valence-electron chi connectivity index (χ3n) is 2.52. The zero-order valence-electron chi connectivity index (χ0n) is 10.4. The highest BCUT2D eigenvalue weighted by atomic mass is 19.1. The maximum Gasteiger partial charge on any atom is 0.253 e. The summed E-state index contributed by atoms with van der Waals surface area (Å²) in [6, 6.07) is 4.27. The molecule has 1 N–H and O–H groups in total. The highest BCUT2D eigenvalue weighted by molar-refractivity contribution is 5.94. The SMILES string of the molecule is Cc1cc(F)cc(C(=O)N(C)CCC(C)O)c1. The van der Waals surface area contributed by atoms with Crippen molar-refractivity contribution < 1.29 is 14.3 Å². The van der Waals surface area contributed by atoms with Gasteiger partial charge in [-0.3, -0.25) is 4.79 Å². The van der Waals surface area contributed by atoms with Crippen LogP contribution in [0.3, 0.4) is 0 Å². The molecule has 17 heavy (non-hydrogen) atoms. The Hall–Kier alpha value is -1.42. The van der Waals surface area contributed by atoms with Crippen molar-refractivity contribution in [1.82, 2.24) is 4.90 Å². The third kappa shape index (κ3) is 4.15. The minimum absolute atomic E-state index is 0.228. The van der Waals surface area contributed by atoms with Crippen LogP contribution in [0, 0.1) is 12.7 Å². The van der Waals surface area contributed by atoms with Crippen molar-refractivity contribution in [2.45, 2.75) is 26.4 Å². The fourth-order valence-electron chi connectivity index (χ4n) is 1.56. The van der Waals surface area contributed by atoms with E-state index in [2.05, 4.69) is 0 Å². The maximum atomic E-state index is 13.2. The first-order chi connectivity index (χ1) is 7.90. The van der Waals surface area contributed by atoms with Gasteiger partial charge >= 0.3 is 0 Å². The van der Waals surface area contributed by atoms with E-state index < -0.39 is 11.9 Å². The third-order valence-corrected chi connectivity index (χ3v) is 2.52. The van der Waals surface area contributed by atoms with Gasteiger partial charge < -0.3 is 10.0 Å². The summed E-state index contributed by atoms with van der Waals surface area (Å²) in [5, 5.41) is 9.14. The number of hydrogen-bond donors (Lipinski definition) is 1. The van der Waals surface area contributed by atoms with Crippen molar-refractivity contribution in [3.8, 4) is 0 Å². The minimum atomic E-state index is -0.445. The van der Waals surface area contributed by atoms with Gasteiger partial charge in [-0.2, -0.15) is 0 Å². The predicted octanol–water partition coefficient (Wildman–Crippen LogP) is 1.98. The number of nitrogens with zero attached hydrogens (tertiary/aromatic N) is 1. The molecule has 0 spiro atoms. The van der Waals surface area contributed by atoms with Crippen molar-refractivity contribution >= 4 is 5.91 Å². The highest BCUT2D eigenvalue weighted by Crippen LogP contribution is 2.10. The first kappa shape index (κ1) is 13.6. The molecule has 0 fully saturated rings. The summed E-state index contributed by atoms with van der Waals surface area (Å²) in [4.78, 5) is 13.4. The lowest BCUT2D eigenvalue weighted by Gasteiger charge is -2.18. The van der Waals surface area contributed by atoms with Crippen molar-refractivity contribution in [3.05, 3.63) is 35.1 Å². The first-order valence-corrected chi connectivity index (χ1v) is 5.61. The lowest BCUT2D eigenvalue weighted by molar-refractivity contribution is 0.0768. The molecule has 4 heteroatoms. The van der Waals surface area contributed by atoms with E-state index in [1.807, 2.05) is 0 Å². The highest BCUT2D eigenvalue weighted by Gasteiger charge is 2.13. The van der Waals surface area contributed by atoms with E-state index in [0.29, 0.717) is 18.5 Å². The molecule has 1 aromatic carbocycles. The van der Waals surface area contributed by atoms with Gasteiger partial charge in [0.05, 0.1) is 6.10 Å². The predicted molar refractivity (Wildman–Crippen MR) is 64.4 cm³/mol. The van der Waals surface area contributed by atoms with Crippen LogP contribution in [-0.4, -0.2) is 35.6 Å². The molecule has 0 saturated carbocycles. The molecule has 1 aromatic rings. The van der Waals surface area contributed by atoms with Gasteiger partial charge in [0.25, 0.3) is 5.91 Å². The Balaban J connectivity index is 2.74. The second kappa shape index (κ2) is 5.77. The molecular formula is C13H18FNO2. The van der Waals surface area contributed by atoms with E-state index in [4.69, 9.17) is 5.11 Å². The molecule has 0 saturated heterocycles. The molecule has 1 rings (SSSR count). The monoisotopic (exact) mass is 239 g/mol. The zero-order chi connectivity index (χ0) is 13.0. The summed E-state index contributed by atoms with van der Waals surface area (Å²) in [5.74, 6) is -0.634.